The lowest BCUT2D eigenvalue weighted by Gasteiger charge is -2.06. The van der Waals surface area contributed by atoms with Crippen molar-refractivity contribution < 1.29 is 4.79 Å². The third kappa shape index (κ3) is 2.38. The number of hydrogen-bond acceptors (Lipinski definition) is 1. The van der Waals surface area contributed by atoms with E-state index >= 15 is 0 Å². The number of amides is 1. The average Bonchev–Trinajstić information content (AvgIpc) is 2.80. The number of rotatable bonds is 2. The van der Waals surface area contributed by atoms with Crippen LogP contribution in [-0.2, 0) is 4.79 Å². The van der Waals surface area contributed by atoms with E-state index in [9.17, 15) is 4.79 Å². The minimum atomic E-state index is 0.174. The number of benzene rings is 1. The van der Waals surface area contributed by atoms with Gasteiger partial charge < -0.3 is 5.32 Å². The fourth-order valence-corrected chi connectivity index (χ4v) is 1.97. The van der Waals surface area contributed by atoms with E-state index in [1.807, 2.05) is 26.0 Å². The van der Waals surface area contributed by atoms with Crippen molar-refractivity contribution in [3.05, 3.63) is 29.3 Å². The Balaban J connectivity index is 2.07. The van der Waals surface area contributed by atoms with Crippen molar-refractivity contribution in [2.75, 3.05) is 5.32 Å². The molecule has 1 N–H and O–H groups in total. The summed E-state index contributed by atoms with van der Waals surface area (Å²) in [5, 5.41) is 2.98. The number of nitrogens with one attached hydrogen (secondary N) is 1. The maximum atomic E-state index is 11.7. The Morgan fingerprint density at radius 3 is 2.27 bits per heavy atom. The van der Waals surface area contributed by atoms with Crippen LogP contribution in [0.15, 0.2) is 18.2 Å². The molecule has 2 nitrogen and oxygen atoms in total. The lowest BCUT2D eigenvalue weighted by molar-refractivity contribution is -0.117. The third-order valence-electron chi connectivity index (χ3n) is 2.94. The summed E-state index contributed by atoms with van der Waals surface area (Å²) in [6.07, 6.45) is 1.04. The van der Waals surface area contributed by atoms with Crippen LogP contribution >= 0.6 is 0 Å². The summed E-state index contributed by atoms with van der Waals surface area (Å²) in [6.45, 7) is 6.20. The fourth-order valence-electron chi connectivity index (χ4n) is 1.97. The Hall–Kier alpha value is -1.31. The summed E-state index contributed by atoms with van der Waals surface area (Å²) in [5.41, 5.74) is 3.31. The van der Waals surface area contributed by atoms with Crippen molar-refractivity contribution in [2.45, 2.75) is 27.2 Å². The molecule has 0 heterocycles. The summed E-state index contributed by atoms with van der Waals surface area (Å²) < 4.78 is 0. The summed E-state index contributed by atoms with van der Waals surface area (Å²) in [6, 6.07) is 6.13. The van der Waals surface area contributed by atoms with Crippen LogP contribution in [0.3, 0.4) is 0 Å². The molecule has 0 aromatic heterocycles. The van der Waals surface area contributed by atoms with Crippen LogP contribution in [0.5, 0.6) is 0 Å². The summed E-state index contributed by atoms with van der Waals surface area (Å²) in [5.74, 6) is 0.981. The molecule has 0 unspecified atom stereocenters. The first-order chi connectivity index (χ1) is 7.06. The molecule has 2 atom stereocenters. The van der Waals surface area contributed by atoms with Gasteiger partial charge in [0.05, 0.1) is 0 Å². The van der Waals surface area contributed by atoms with Crippen LogP contribution < -0.4 is 5.32 Å². The normalized spacial score (nSPS) is 23.7. The quantitative estimate of drug-likeness (QED) is 0.786. The van der Waals surface area contributed by atoms with E-state index in [1.54, 1.807) is 0 Å². The zero-order chi connectivity index (χ0) is 11.0. The molecular weight excluding hydrogens is 186 g/mol. The molecule has 0 spiro atoms. The second-order valence-electron chi connectivity index (χ2n) is 4.69. The average molecular weight is 203 g/mol. The molecule has 0 radical (unpaired) electrons. The second-order valence-corrected chi connectivity index (χ2v) is 4.69. The molecule has 0 aliphatic heterocycles. The van der Waals surface area contributed by atoms with Gasteiger partial charge in [-0.15, -0.1) is 0 Å². The Morgan fingerprint density at radius 1 is 1.27 bits per heavy atom. The molecule has 15 heavy (non-hydrogen) atoms. The Bertz CT molecular complexity index is 377. The number of carbonyl (C=O) groups is 1. The van der Waals surface area contributed by atoms with Crippen LogP contribution in [0.1, 0.15) is 24.5 Å². The maximum absolute atomic E-state index is 11.7. The van der Waals surface area contributed by atoms with Crippen molar-refractivity contribution in [3.63, 3.8) is 0 Å². The first-order valence-corrected chi connectivity index (χ1v) is 5.45. The van der Waals surface area contributed by atoms with E-state index in [0.29, 0.717) is 5.92 Å². The Labute approximate surface area is 90.7 Å². The molecule has 1 fully saturated rings. The van der Waals surface area contributed by atoms with Crippen molar-refractivity contribution >= 4 is 11.6 Å². The Morgan fingerprint density at radius 2 is 1.80 bits per heavy atom. The molecule has 2 rings (SSSR count). The minimum Gasteiger partial charge on any atom is -0.326 e. The maximum Gasteiger partial charge on any atom is 0.227 e. The van der Waals surface area contributed by atoms with Crippen molar-refractivity contribution in [3.8, 4) is 0 Å². The predicted octanol–water partition coefficient (Wildman–Crippen LogP) is 2.90. The van der Waals surface area contributed by atoms with E-state index in [1.165, 1.54) is 11.1 Å². The summed E-state index contributed by atoms with van der Waals surface area (Å²) in [4.78, 5) is 11.7. The molecule has 1 aromatic rings. The van der Waals surface area contributed by atoms with Gasteiger partial charge in [-0.2, -0.15) is 0 Å². The first-order valence-electron chi connectivity index (χ1n) is 5.45. The lowest BCUT2D eigenvalue weighted by atomic mass is 10.1. The van der Waals surface area contributed by atoms with Crippen LogP contribution in [-0.4, -0.2) is 5.91 Å². The highest BCUT2D eigenvalue weighted by Crippen LogP contribution is 2.38. The summed E-state index contributed by atoms with van der Waals surface area (Å²) in [7, 11) is 0. The van der Waals surface area contributed by atoms with Crippen LogP contribution in [0.2, 0.25) is 0 Å². The van der Waals surface area contributed by atoms with Gasteiger partial charge in [-0.1, -0.05) is 13.0 Å². The van der Waals surface area contributed by atoms with E-state index < -0.39 is 0 Å². The van der Waals surface area contributed by atoms with E-state index in [4.69, 9.17) is 0 Å². The number of aryl methyl sites for hydroxylation is 2. The first kappa shape index (κ1) is 10.2. The lowest BCUT2D eigenvalue weighted by Crippen LogP contribution is -2.14. The standard InChI is InChI=1S/C13H17NO/c1-8-4-9(2)6-11(5-8)14-13(15)12-7-10(12)3/h4-6,10,12H,7H2,1-3H3,(H,14,15)/t10-,12-/m0/s1. The van der Waals surface area contributed by atoms with Gasteiger partial charge in [-0.25, -0.2) is 0 Å². The molecule has 1 aliphatic carbocycles. The predicted molar refractivity (Wildman–Crippen MR) is 61.8 cm³/mol. The van der Waals surface area contributed by atoms with Crippen molar-refractivity contribution in [1.29, 1.82) is 0 Å². The molecule has 1 amide bonds. The molecule has 2 heteroatoms. The van der Waals surface area contributed by atoms with Crippen LogP contribution in [0.25, 0.3) is 0 Å². The SMILES string of the molecule is Cc1cc(C)cc(NC(=O)[C@H]2C[C@@H]2C)c1. The molecule has 80 valence electrons. The van der Waals surface area contributed by atoms with E-state index in [-0.39, 0.29) is 11.8 Å². The van der Waals surface area contributed by atoms with Gasteiger partial charge in [0.2, 0.25) is 5.91 Å². The van der Waals surface area contributed by atoms with E-state index in [2.05, 4.69) is 18.3 Å². The molecule has 1 saturated carbocycles. The largest absolute Gasteiger partial charge is 0.326 e. The highest BCUT2D eigenvalue weighted by molar-refractivity contribution is 5.94. The van der Waals surface area contributed by atoms with Gasteiger partial charge in [-0.05, 0) is 49.4 Å². The third-order valence-corrected chi connectivity index (χ3v) is 2.94. The molecule has 0 bridgehead atoms. The van der Waals surface area contributed by atoms with Gasteiger partial charge in [-0.3, -0.25) is 4.79 Å². The highest BCUT2D eigenvalue weighted by atomic mass is 16.2. The van der Waals surface area contributed by atoms with Gasteiger partial charge in [0.15, 0.2) is 0 Å². The van der Waals surface area contributed by atoms with Crippen molar-refractivity contribution in [1.82, 2.24) is 0 Å². The highest BCUT2D eigenvalue weighted by Gasteiger charge is 2.38. The summed E-state index contributed by atoms with van der Waals surface area (Å²) >= 11 is 0. The smallest absolute Gasteiger partial charge is 0.227 e. The Kier molecular flexibility index (Phi) is 2.51. The monoisotopic (exact) mass is 203 g/mol. The van der Waals surface area contributed by atoms with Crippen LogP contribution in [0.4, 0.5) is 5.69 Å². The number of hydrogen-bond donors (Lipinski definition) is 1. The zero-order valence-electron chi connectivity index (χ0n) is 9.50. The van der Waals surface area contributed by atoms with Gasteiger partial charge in [0, 0.05) is 11.6 Å². The van der Waals surface area contributed by atoms with E-state index in [0.717, 1.165) is 12.1 Å². The zero-order valence-corrected chi connectivity index (χ0v) is 9.50. The van der Waals surface area contributed by atoms with Crippen LogP contribution in [0, 0.1) is 25.7 Å². The molecular formula is C13H17NO. The topological polar surface area (TPSA) is 29.1 Å². The number of anilines is 1. The number of carbonyl (C=O) groups excluding carboxylic acids is 1. The van der Waals surface area contributed by atoms with Gasteiger partial charge >= 0.3 is 0 Å². The van der Waals surface area contributed by atoms with Gasteiger partial charge in [0.25, 0.3) is 0 Å². The molecule has 1 aliphatic rings. The van der Waals surface area contributed by atoms with Gasteiger partial charge in [0.1, 0.15) is 0 Å². The van der Waals surface area contributed by atoms with Crippen molar-refractivity contribution in [2.24, 2.45) is 11.8 Å². The minimum absolute atomic E-state index is 0.174. The molecule has 1 aromatic carbocycles. The second kappa shape index (κ2) is 3.69. The fraction of sp³-hybridized carbons (Fsp3) is 0.462. The molecule has 0 saturated heterocycles.